The molecule has 0 bridgehead atoms. The zero-order valence-electron chi connectivity index (χ0n) is 12.1. The van der Waals surface area contributed by atoms with Gasteiger partial charge in [0.2, 0.25) is 0 Å². The predicted molar refractivity (Wildman–Crippen MR) is 75.1 cm³/mol. The number of hydrogen-bond acceptors (Lipinski definition) is 3. The van der Waals surface area contributed by atoms with Gasteiger partial charge in [-0.05, 0) is 26.3 Å². The van der Waals surface area contributed by atoms with Gasteiger partial charge in [-0.25, -0.2) is 4.79 Å². The number of hydrogen-bond donors (Lipinski definition) is 1. The maximum Gasteiger partial charge on any atom is 0.410 e. The Morgan fingerprint density at radius 3 is 2.37 bits per heavy atom. The number of likely N-dealkylation sites (N-methyl/N-ethyl adjacent to an activating group) is 1. The molecule has 0 aliphatic heterocycles. The fraction of sp³-hybridized carbons (Fsp3) is 0.533. The average Bonchev–Trinajstić information content (AvgIpc) is 2.34. The molecule has 1 aromatic carbocycles. The van der Waals surface area contributed by atoms with Crippen molar-refractivity contribution >= 4 is 6.09 Å². The second kappa shape index (κ2) is 6.57. The third kappa shape index (κ3) is 5.30. The number of ether oxygens (including phenoxy) is 1. The monoisotopic (exact) mass is 265 g/mol. The van der Waals surface area contributed by atoms with E-state index in [1.807, 2.05) is 51.1 Å². The van der Waals surface area contributed by atoms with Crippen molar-refractivity contribution in [2.24, 2.45) is 0 Å². The first kappa shape index (κ1) is 15.5. The van der Waals surface area contributed by atoms with Crippen LogP contribution in [-0.4, -0.2) is 41.9 Å². The highest BCUT2D eigenvalue weighted by Crippen LogP contribution is 2.17. The molecule has 0 spiro atoms. The van der Waals surface area contributed by atoms with E-state index in [0.29, 0.717) is 6.54 Å². The second-order valence-corrected chi connectivity index (χ2v) is 5.65. The van der Waals surface area contributed by atoms with Crippen LogP contribution in [0.4, 0.5) is 4.79 Å². The zero-order chi connectivity index (χ0) is 14.5. The van der Waals surface area contributed by atoms with Crippen molar-refractivity contribution in [1.82, 2.24) is 4.90 Å². The van der Waals surface area contributed by atoms with Crippen molar-refractivity contribution in [1.29, 1.82) is 0 Å². The molecule has 1 unspecified atom stereocenters. The molecule has 0 saturated heterocycles. The largest absolute Gasteiger partial charge is 0.444 e. The Morgan fingerprint density at radius 1 is 1.32 bits per heavy atom. The van der Waals surface area contributed by atoms with E-state index in [1.54, 1.807) is 7.05 Å². The average molecular weight is 265 g/mol. The van der Waals surface area contributed by atoms with Crippen LogP contribution in [0.2, 0.25) is 0 Å². The summed E-state index contributed by atoms with van der Waals surface area (Å²) in [6.07, 6.45) is -0.373. The second-order valence-electron chi connectivity index (χ2n) is 5.65. The van der Waals surface area contributed by atoms with Crippen LogP contribution in [0.25, 0.3) is 0 Å². The number of carbonyl (C=O) groups is 1. The van der Waals surface area contributed by atoms with Crippen LogP contribution in [0.1, 0.15) is 32.3 Å². The predicted octanol–water partition coefficient (Wildman–Crippen LogP) is 2.63. The fourth-order valence-electron chi connectivity index (χ4n) is 1.74. The first-order valence-corrected chi connectivity index (χ1v) is 6.43. The molecule has 1 amide bonds. The first-order valence-electron chi connectivity index (χ1n) is 6.43. The first-order chi connectivity index (χ1) is 8.83. The fourth-order valence-corrected chi connectivity index (χ4v) is 1.74. The summed E-state index contributed by atoms with van der Waals surface area (Å²) < 4.78 is 5.29. The minimum Gasteiger partial charge on any atom is -0.444 e. The summed E-state index contributed by atoms with van der Waals surface area (Å²) in [6.45, 7) is 5.92. The summed E-state index contributed by atoms with van der Waals surface area (Å²) in [7, 11) is 1.68. The van der Waals surface area contributed by atoms with E-state index in [-0.39, 0.29) is 18.6 Å². The van der Waals surface area contributed by atoms with Gasteiger partial charge in [-0.15, -0.1) is 0 Å². The molecule has 0 aliphatic rings. The Hall–Kier alpha value is -1.55. The summed E-state index contributed by atoms with van der Waals surface area (Å²) in [5, 5.41) is 9.46. The molecule has 0 fully saturated rings. The molecular formula is C15H23NO3. The third-order valence-corrected chi connectivity index (χ3v) is 2.69. The number of nitrogens with zero attached hydrogens (tertiary/aromatic N) is 1. The van der Waals surface area contributed by atoms with Crippen molar-refractivity contribution in [2.75, 3.05) is 20.2 Å². The number of benzene rings is 1. The lowest BCUT2D eigenvalue weighted by Crippen LogP contribution is -2.37. The smallest absolute Gasteiger partial charge is 0.410 e. The summed E-state index contributed by atoms with van der Waals surface area (Å²) in [5.74, 6) is -0.0984. The van der Waals surface area contributed by atoms with Crippen molar-refractivity contribution in [3.05, 3.63) is 35.9 Å². The molecule has 4 heteroatoms. The molecule has 4 nitrogen and oxygen atoms in total. The van der Waals surface area contributed by atoms with Gasteiger partial charge in [0.05, 0.1) is 6.61 Å². The van der Waals surface area contributed by atoms with Gasteiger partial charge in [0.15, 0.2) is 0 Å². The van der Waals surface area contributed by atoms with Gasteiger partial charge in [0.1, 0.15) is 5.60 Å². The normalized spacial score (nSPS) is 12.9. The molecule has 19 heavy (non-hydrogen) atoms. The van der Waals surface area contributed by atoms with Crippen molar-refractivity contribution < 1.29 is 14.6 Å². The van der Waals surface area contributed by atoms with Gasteiger partial charge < -0.3 is 14.7 Å². The summed E-state index contributed by atoms with van der Waals surface area (Å²) >= 11 is 0. The van der Waals surface area contributed by atoms with Crippen molar-refractivity contribution in [2.45, 2.75) is 32.3 Å². The lowest BCUT2D eigenvalue weighted by Gasteiger charge is -2.27. The number of rotatable bonds is 4. The molecule has 0 saturated carbocycles. The minimum absolute atomic E-state index is 0.00283. The van der Waals surface area contributed by atoms with Crippen LogP contribution in [0.3, 0.4) is 0 Å². The Kier molecular flexibility index (Phi) is 5.36. The quantitative estimate of drug-likeness (QED) is 0.910. The van der Waals surface area contributed by atoms with E-state index in [9.17, 15) is 9.90 Å². The van der Waals surface area contributed by atoms with Crippen LogP contribution >= 0.6 is 0 Å². The van der Waals surface area contributed by atoms with E-state index < -0.39 is 5.60 Å². The molecule has 106 valence electrons. The Labute approximate surface area is 115 Å². The van der Waals surface area contributed by atoms with E-state index in [2.05, 4.69) is 0 Å². The lowest BCUT2D eigenvalue weighted by atomic mass is 10.00. The molecule has 1 aromatic rings. The summed E-state index contributed by atoms with van der Waals surface area (Å²) in [5.41, 5.74) is 0.507. The molecule has 0 aliphatic carbocycles. The molecule has 1 N–H and O–H groups in total. The zero-order valence-corrected chi connectivity index (χ0v) is 12.1. The van der Waals surface area contributed by atoms with E-state index in [0.717, 1.165) is 5.56 Å². The van der Waals surface area contributed by atoms with Gasteiger partial charge in [-0.2, -0.15) is 0 Å². The highest BCUT2D eigenvalue weighted by atomic mass is 16.6. The highest BCUT2D eigenvalue weighted by Gasteiger charge is 2.22. The van der Waals surface area contributed by atoms with Gasteiger partial charge in [0.25, 0.3) is 0 Å². The molecule has 0 heterocycles. The summed E-state index contributed by atoms with van der Waals surface area (Å²) in [6, 6.07) is 9.67. The molecular weight excluding hydrogens is 242 g/mol. The Morgan fingerprint density at radius 2 is 1.89 bits per heavy atom. The van der Waals surface area contributed by atoms with Gasteiger partial charge in [-0.3, -0.25) is 0 Å². The molecule has 0 aromatic heterocycles. The standard InChI is InChI=1S/C15H23NO3/c1-15(2,3)19-14(18)16(4)10-13(11-17)12-8-6-5-7-9-12/h5-9,13,17H,10-11H2,1-4H3. The van der Waals surface area contributed by atoms with E-state index in [1.165, 1.54) is 4.90 Å². The van der Waals surface area contributed by atoms with Gasteiger partial charge in [0, 0.05) is 19.5 Å². The van der Waals surface area contributed by atoms with Crippen molar-refractivity contribution in [3.8, 4) is 0 Å². The van der Waals surface area contributed by atoms with Gasteiger partial charge in [-0.1, -0.05) is 30.3 Å². The van der Waals surface area contributed by atoms with Crippen LogP contribution < -0.4 is 0 Å². The van der Waals surface area contributed by atoms with Crippen LogP contribution in [0.15, 0.2) is 30.3 Å². The number of carbonyl (C=O) groups excluding carboxylic acids is 1. The Bertz CT molecular complexity index is 398. The van der Waals surface area contributed by atoms with Gasteiger partial charge >= 0.3 is 6.09 Å². The number of aliphatic hydroxyl groups excluding tert-OH is 1. The van der Waals surface area contributed by atoms with Crippen LogP contribution in [0, 0.1) is 0 Å². The SMILES string of the molecule is CN(CC(CO)c1ccccc1)C(=O)OC(C)(C)C. The number of aliphatic hydroxyl groups is 1. The third-order valence-electron chi connectivity index (χ3n) is 2.69. The van der Waals surface area contributed by atoms with Crippen LogP contribution in [-0.2, 0) is 4.74 Å². The van der Waals surface area contributed by atoms with Crippen LogP contribution in [0.5, 0.6) is 0 Å². The Balaban J connectivity index is 2.64. The van der Waals surface area contributed by atoms with E-state index in [4.69, 9.17) is 4.74 Å². The topological polar surface area (TPSA) is 49.8 Å². The molecule has 0 radical (unpaired) electrons. The maximum atomic E-state index is 11.9. The highest BCUT2D eigenvalue weighted by molar-refractivity contribution is 5.67. The molecule has 1 atom stereocenters. The minimum atomic E-state index is -0.507. The lowest BCUT2D eigenvalue weighted by molar-refractivity contribution is 0.0279. The van der Waals surface area contributed by atoms with E-state index >= 15 is 0 Å². The molecule has 1 rings (SSSR count). The summed E-state index contributed by atoms with van der Waals surface area (Å²) in [4.78, 5) is 13.4. The number of amides is 1. The van der Waals surface area contributed by atoms with Crippen molar-refractivity contribution in [3.63, 3.8) is 0 Å². The maximum absolute atomic E-state index is 11.9.